The van der Waals surface area contributed by atoms with Crippen molar-refractivity contribution in [2.75, 3.05) is 12.4 Å². The van der Waals surface area contributed by atoms with E-state index in [1.165, 1.54) is 13.2 Å². The molecule has 108 valence electrons. The number of carbonyl (C=O) groups excluding carboxylic acids is 2. The first-order valence-corrected chi connectivity index (χ1v) is 6.45. The van der Waals surface area contributed by atoms with E-state index in [0.29, 0.717) is 4.90 Å². The Hall–Kier alpha value is -1.70. The number of ether oxygens (including phenoxy) is 1. The summed E-state index contributed by atoms with van der Waals surface area (Å²) in [6.07, 6.45) is -4.60. The minimum Gasteiger partial charge on any atom is -0.469 e. The standard InChI is InChI=1S/C12H10F3NO3S/c1-19-10(17)5-9-11(18)16-7-4-6(12(13,14)15)2-3-8(7)20-9/h2-4,9H,5H2,1H3,(H,16,18). The van der Waals surface area contributed by atoms with Crippen LogP contribution >= 0.6 is 11.8 Å². The summed E-state index contributed by atoms with van der Waals surface area (Å²) in [4.78, 5) is 23.4. The van der Waals surface area contributed by atoms with E-state index >= 15 is 0 Å². The quantitative estimate of drug-likeness (QED) is 0.854. The first-order valence-electron chi connectivity index (χ1n) is 5.57. The molecule has 0 spiro atoms. The van der Waals surface area contributed by atoms with Crippen LogP contribution in [-0.4, -0.2) is 24.2 Å². The Kier molecular flexibility index (Phi) is 3.94. The summed E-state index contributed by atoms with van der Waals surface area (Å²) in [5.74, 6) is -1.06. The number of carbonyl (C=O) groups is 2. The normalized spacial score (nSPS) is 18.2. The number of alkyl halides is 3. The molecule has 0 bridgehead atoms. The molecule has 4 nitrogen and oxygen atoms in total. The van der Waals surface area contributed by atoms with Crippen molar-refractivity contribution in [3.8, 4) is 0 Å². The third-order valence-electron chi connectivity index (χ3n) is 2.71. The Morgan fingerprint density at radius 2 is 2.15 bits per heavy atom. The van der Waals surface area contributed by atoms with Gasteiger partial charge in [0, 0.05) is 4.90 Å². The highest BCUT2D eigenvalue weighted by Gasteiger charge is 2.34. The van der Waals surface area contributed by atoms with Gasteiger partial charge in [-0.05, 0) is 18.2 Å². The third-order valence-corrected chi connectivity index (χ3v) is 3.98. The van der Waals surface area contributed by atoms with E-state index in [1.807, 2.05) is 0 Å². The molecular weight excluding hydrogens is 295 g/mol. The van der Waals surface area contributed by atoms with Gasteiger partial charge in [0.1, 0.15) is 0 Å². The predicted octanol–water partition coefficient (Wildman–Crippen LogP) is 2.68. The van der Waals surface area contributed by atoms with E-state index in [9.17, 15) is 22.8 Å². The molecule has 0 aliphatic carbocycles. The Morgan fingerprint density at radius 3 is 2.75 bits per heavy atom. The van der Waals surface area contributed by atoms with Crippen LogP contribution in [0.2, 0.25) is 0 Å². The summed E-state index contributed by atoms with van der Waals surface area (Å²) < 4.78 is 42.2. The molecular formula is C12H10F3NO3S. The maximum Gasteiger partial charge on any atom is 0.416 e. The molecule has 1 atom stereocenters. The van der Waals surface area contributed by atoms with Gasteiger partial charge in [-0.25, -0.2) is 0 Å². The molecule has 1 heterocycles. The predicted molar refractivity (Wildman–Crippen MR) is 66.4 cm³/mol. The monoisotopic (exact) mass is 305 g/mol. The number of anilines is 1. The highest BCUT2D eigenvalue weighted by atomic mass is 32.2. The molecule has 1 aromatic rings. The maximum atomic E-state index is 12.6. The lowest BCUT2D eigenvalue weighted by atomic mass is 10.1. The first kappa shape index (κ1) is 14.7. The maximum absolute atomic E-state index is 12.6. The number of hydrogen-bond donors (Lipinski definition) is 1. The van der Waals surface area contributed by atoms with E-state index in [4.69, 9.17) is 0 Å². The molecule has 0 saturated heterocycles. The number of amides is 1. The lowest BCUT2D eigenvalue weighted by Gasteiger charge is -2.24. The largest absolute Gasteiger partial charge is 0.469 e. The van der Waals surface area contributed by atoms with E-state index in [0.717, 1.165) is 23.9 Å². The second-order valence-electron chi connectivity index (χ2n) is 4.08. The number of thioether (sulfide) groups is 1. The van der Waals surface area contributed by atoms with Crippen LogP contribution in [0.15, 0.2) is 23.1 Å². The van der Waals surface area contributed by atoms with Crippen molar-refractivity contribution in [3.05, 3.63) is 23.8 Å². The summed E-state index contributed by atoms with van der Waals surface area (Å²) in [6.45, 7) is 0. The molecule has 8 heteroatoms. The van der Waals surface area contributed by atoms with Gasteiger partial charge < -0.3 is 10.1 Å². The Balaban J connectivity index is 2.23. The SMILES string of the molecule is COC(=O)CC1Sc2ccc(C(F)(F)F)cc2NC1=O. The molecule has 2 rings (SSSR count). The van der Waals surface area contributed by atoms with Crippen molar-refractivity contribution < 1.29 is 27.5 Å². The van der Waals surface area contributed by atoms with Crippen LogP contribution in [0, 0.1) is 0 Å². The highest BCUT2D eigenvalue weighted by molar-refractivity contribution is 8.01. The highest BCUT2D eigenvalue weighted by Crippen LogP contribution is 2.40. The van der Waals surface area contributed by atoms with Gasteiger partial charge in [-0.1, -0.05) is 0 Å². The smallest absolute Gasteiger partial charge is 0.416 e. The number of rotatable bonds is 2. The zero-order valence-electron chi connectivity index (χ0n) is 10.3. The lowest BCUT2D eigenvalue weighted by molar-refractivity contribution is -0.141. The van der Waals surface area contributed by atoms with Crippen LogP contribution in [0.3, 0.4) is 0 Å². The molecule has 0 radical (unpaired) electrons. The van der Waals surface area contributed by atoms with Gasteiger partial charge in [-0.2, -0.15) is 13.2 Å². The molecule has 1 N–H and O–H groups in total. The van der Waals surface area contributed by atoms with Crippen molar-refractivity contribution in [1.29, 1.82) is 0 Å². The summed E-state index contributed by atoms with van der Waals surface area (Å²) in [6, 6.07) is 3.11. The van der Waals surface area contributed by atoms with Crippen LogP contribution < -0.4 is 5.32 Å². The van der Waals surface area contributed by atoms with Crippen LogP contribution in [-0.2, 0) is 20.5 Å². The second kappa shape index (κ2) is 5.35. The Labute approximate surface area is 116 Å². The van der Waals surface area contributed by atoms with E-state index in [2.05, 4.69) is 10.1 Å². The average molecular weight is 305 g/mol. The summed E-state index contributed by atoms with van der Waals surface area (Å²) >= 11 is 1.05. The number of nitrogens with one attached hydrogen (secondary N) is 1. The number of fused-ring (bicyclic) bond motifs is 1. The second-order valence-corrected chi connectivity index (χ2v) is 5.33. The molecule has 20 heavy (non-hydrogen) atoms. The first-order chi connectivity index (χ1) is 9.31. The average Bonchev–Trinajstić information content (AvgIpc) is 2.37. The van der Waals surface area contributed by atoms with Gasteiger partial charge in [0.05, 0.1) is 30.0 Å². The van der Waals surface area contributed by atoms with Gasteiger partial charge >= 0.3 is 12.1 Å². The van der Waals surface area contributed by atoms with Crippen molar-refractivity contribution in [3.63, 3.8) is 0 Å². The van der Waals surface area contributed by atoms with Gasteiger partial charge in [-0.15, -0.1) is 11.8 Å². The fourth-order valence-corrected chi connectivity index (χ4v) is 2.77. The molecule has 0 fully saturated rings. The lowest BCUT2D eigenvalue weighted by Crippen LogP contribution is -2.31. The zero-order chi connectivity index (χ0) is 14.9. The van der Waals surface area contributed by atoms with Crippen LogP contribution in [0.5, 0.6) is 0 Å². The number of halogens is 3. The summed E-state index contributed by atoms with van der Waals surface area (Å²) in [5, 5.41) is 1.68. The Bertz CT molecular complexity index is 559. The minimum absolute atomic E-state index is 0.107. The molecule has 1 aromatic carbocycles. The Morgan fingerprint density at radius 1 is 1.45 bits per heavy atom. The molecule has 1 amide bonds. The van der Waals surface area contributed by atoms with E-state index in [1.54, 1.807) is 0 Å². The van der Waals surface area contributed by atoms with Gasteiger partial charge in [-0.3, -0.25) is 9.59 Å². The molecule has 1 unspecified atom stereocenters. The molecule has 1 aliphatic rings. The molecule has 0 aromatic heterocycles. The fraction of sp³-hybridized carbons (Fsp3) is 0.333. The van der Waals surface area contributed by atoms with Crippen molar-refractivity contribution >= 4 is 29.3 Å². The third kappa shape index (κ3) is 3.06. The fourth-order valence-electron chi connectivity index (χ4n) is 1.70. The topological polar surface area (TPSA) is 55.4 Å². The number of esters is 1. The zero-order valence-corrected chi connectivity index (χ0v) is 11.1. The van der Waals surface area contributed by atoms with E-state index < -0.39 is 28.9 Å². The van der Waals surface area contributed by atoms with Crippen LogP contribution in [0.1, 0.15) is 12.0 Å². The van der Waals surface area contributed by atoms with Gasteiger partial charge in [0.15, 0.2) is 0 Å². The molecule has 0 saturated carbocycles. The van der Waals surface area contributed by atoms with Crippen LogP contribution in [0.25, 0.3) is 0 Å². The number of methoxy groups -OCH3 is 1. The minimum atomic E-state index is -4.46. The number of benzene rings is 1. The van der Waals surface area contributed by atoms with Crippen molar-refractivity contribution in [1.82, 2.24) is 0 Å². The van der Waals surface area contributed by atoms with Crippen LogP contribution in [0.4, 0.5) is 18.9 Å². The molecule has 1 aliphatic heterocycles. The summed E-state index contributed by atoms with van der Waals surface area (Å²) in [5.41, 5.74) is -0.723. The summed E-state index contributed by atoms with van der Waals surface area (Å²) in [7, 11) is 1.21. The van der Waals surface area contributed by atoms with Gasteiger partial charge in [0.2, 0.25) is 5.91 Å². The van der Waals surface area contributed by atoms with E-state index in [-0.39, 0.29) is 12.1 Å². The van der Waals surface area contributed by atoms with Crippen molar-refractivity contribution in [2.24, 2.45) is 0 Å². The van der Waals surface area contributed by atoms with Gasteiger partial charge in [0.25, 0.3) is 0 Å². The van der Waals surface area contributed by atoms with Crippen molar-refractivity contribution in [2.45, 2.75) is 22.7 Å². The number of hydrogen-bond acceptors (Lipinski definition) is 4.